The molecule has 67 heavy (non-hydrogen) atoms. The molecular weight excluding hydrogens is 859 g/mol. The second kappa shape index (κ2) is 19.6. The van der Waals surface area contributed by atoms with E-state index in [1.54, 1.807) is 13.8 Å². The van der Waals surface area contributed by atoms with E-state index >= 15 is 0 Å². The van der Waals surface area contributed by atoms with E-state index in [9.17, 15) is 39.1 Å². The molecule has 8 atom stereocenters. The highest BCUT2D eigenvalue weighted by Gasteiger charge is 2.72. The van der Waals surface area contributed by atoms with Gasteiger partial charge < -0.3 is 33.5 Å². The summed E-state index contributed by atoms with van der Waals surface area (Å²) < 4.78 is 32.3. The highest BCUT2D eigenvalue weighted by atomic mass is 16.6. The van der Waals surface area contributed by atoms with Crippen LogP contribution in [-0.2, 0) is 57.2 Å². The van der Waals surface area contributed by atoms with Crippen molar-refractivity contribution in [1.82, 2.24) is 0 Å². The van der Waals surface area contributed by atoms with E-state index in [1.807, 2.05) is 83.1 Å². The van der Waals surface area contributed by atoms with E-state index in [4.69, 9.17) is 28.4 Å². The number of esters is 6. The van der Waals surface area contributed by atoms with Gasteiger partial charge in [0, 0.05) is 24.7 Å². The first kappa shape index (κ1) is 54.2. The molecule has 1 N–H and O–H groups in total. The fourth-order valence-electron chi connectivity index (χ4n) is 10.8. The van der Waals surface area contributed by atoms with Crippen molar-refractivity contribution in [2.75, 3.05) is 6.61 Å². The molecule has 0 aromatic heterocycles. The van der Waals surface area contributed by atoms with E-state index in [0.717, 1.165) is 44.9 Å². The summed E-state index contributed by atoms with van der Waals surface area (Å²) in [5.74, 6) is 0.104. The molecule has 0 aromatic carbocycles. The largest absolute Gasteiger partial charge is 0.463 e. The van der Waals surface area contributed by atoms with E-state index in [2.05, 4.69) is 6.07 Å². The topological polar surface area (TPSA) is 202 Å². The average Bonchev–Trinajstić information content (AvgIpc) is 3.77. The number of rotatable bonds is 13. The molecule has 9 fully saturated rings. The second-order valence-electron chi connectivity index (χ2n) is 24.5. The van der Waals surface area contributed by atoms with Gasteiger partial charge in [0.2, 0.25) is 6.10 Å². The lowest BCUT2D eigenvalue weighted by molar-refractivity contribution is -0.225. The molecule has 9 rings (SSSR count). The normalized spacial score (nSPS) is 33.3. The standard InChI is InChI=1S/C16H26O3.C15H19NO4.C12H22O2.C10H16O4/c1-4-14(2,3)13(17)19-16-8-11-5-12(9-16)7-15(18,6-11)10-16;1-4-14(2,3)12(17)19-10-8-5-9-11(10)20-13(18)15(9,6-8)7-16;1-6-11(2,3)10(13)14-12(4,5)9-7-8-9;1-4-10(2,3)9(12)14-7-5-6-13-8(7)11/h11-12,18H,4-10H2,1-3H3;8-11H,4-6H2,1-3H3;9H,6-8H2,1-5H3;7H,4-6H2,1-3H3. The Bertz CT molecular complexity index is 1910. The molecule has 2 saturated heterocycles. The summed E-state index contributed by atoms with van der Waals surface area (Å²) >= 11 is 0. The van der Waals surface area contributed by atoms with E-state index in [-0.39, 0.29) is 58.4 Å². The Labute approximate surface area is 400 Å². The van der Waals surface area contributed by atoms with Gasteiger partial charge in [0.15, 0.2) is 5.41 Å². The molecule has 2 aliphatic heterocycles. The number of hydrogen-bond donors (Lipinski definition) is 1. The number of carbonyl (C=O) groups excluding carboxylic acids is 6. The fraction of sp³-hybridized carbons (Fsp3) is 0.868. The molecule has 7 saturated carbocycles. The molecule has 9 aliphatic rings. The van der Waals surface area contributed by atoms with Crippen LogP contribution in [0.3, 0.4) is 0 Å². The van der Waals surface area contributed by atoms with Crippen LogP contribution in [0.15, 0.2) is 0 Å². The number of fused-ring (bicyclic) bond motifs is 1. The lowest BCUT2D eigenvalue weighted by Crippen LogP contribution is -2.61. The minimum atomic E-state index is -0.974. The molecule has 378 valence electrons. The smallest absolute Gasteiger partial charge is 0.347 e. The molecule has 0 spiro atoms. The second-order valence-corrected chi connectivity index (χ2v) is 24.5. The third-order valence-corrected chi connectivity index (χ3v) is 17.1. The van der Waals surface area contributed by atoms with Crippen molar-refractivity contribution >= 4 is 35.8 Å². The molecule has 0 radical (unpaired) electrons. The van der Waals surface area contributed by atoms with Crippen molar-refractivity contribution in [1.29, 1.82) is 5.26 Å². The lowest BCUT2D eigenvalue weighted by atomic mass is 9.52. The third kappa shape index (κ3) is 11.7. The van der Waals surface area contributed by atoms with Crippen molar-refractivity contribution in [3.05, 3.63) is 0 Å². The lowest BCUT2D eigenvalue weighted by Gasteiger charge is -2.59. The zero-order chi connectivity index (χ0) is 50.3. The van der Waals surface area contributed by atoms with Crippen molar-refractivity contribution in [2.45, 2.75) is 228 Å². The molecule has 8 unspecified atom stereocenters. The molecule has 0 aromatic rings. The van der Waals surface area contributed by atoms with Crippen LogP contribution in [-0.4, -0.2) is 82.6 Å². The molecule has 0 amide bonds. The van der Waals surface area contributed by atoms with Gasteiger partial charge in [-0.1, -0.05) is 27.7 Å². The molecular formula is C53H83NO13. The molecule has 6 bridgehead atoms. The molecule has 2 heterocycles. The molecule has 14 nitrogen and oxygen atoms in total. The van der Waals surface area contributed by atoms with Crippen molar-refractivity contribution < 1.29 is 62.3 Å². The first-order valence-electron chi connectivity index (χ1n) is 25.3. The van der Waals surface area contributed by atoms with Crippen LogP contribution in [0, 0.1) is 68.0 Å². The first-order chi connectivity index (χ1) is 30.9. The van der Waals surface area contributed by atoms with Gasteiger partial charge in [0.25, 0.3) is 0 Å². The Morgan fingerprint density at radius 2 is 1.21 bits per heavy atom. The number of nitrogens with zero attached hydrogens (tertiary/aromatic N) is 1. The van der Waals surface area contributed by atoms with Gasteiger partial charge in [0.1, 0.15) is 23.4 Å². The van der Waals surface area contributed by atoms with Crippen LogP contribution in [0.25, 0.3) is 0 Å². The molecule has 7 aliphatic carbocycles. The van der Waals surface area contributed by atoms with Crippen molar-refractivity contribution in [2.24, 2.45) is 56.7 Å². The van der Waals surface area contributed by atoms with Crippen molar-refractivity contribution in [3.8, 4) is 6.07 Å². The highest BCUT2D eigenvalue weighted by molar-refractivity contribution is 5.85. The summed E-state index contributed by atoms with van der Waals surface area (Å²) in [4.78, 5) is 70.9. The fourth-order valence-corrected chi connectivity index (χ4v) is 10.8. The third-order valence-electron chi connectivity index (χ3n) is 17.1. The Kier molecular flexibility index (Phi) is 15.8. The minimum absolute atomic E-state index is 0.0584. The number of cyclic esters (lactones) is 1. The maximum absolute atomic E-state index is 12.4. The van der Waals surface area contributed by atoms with Crippen LogP contribution in [0.5, 0.6) is 0 Å². The Morgan fingerprint density at radius 3 is 1.67 bits per heavy atom. The van der Waals surface area contributed by atoms with Gasteiger partial charge in [-0.05, 0) is 170 Å². The molecule has 14 heteroatoms. The first-order valence-corrected chi connectivity index (χ1v) is 25.3. The Balaban J connectivity index is 0.000000170. The Morgan fingerprint density at radius 1 is 0.701 bits per heavy atom. The number of nitriles is 1. The van der Waals surface area contributed by atoms with Gasteiger partial charge in [-0.15, -0.1) is 0 Å². The van der Waals surface area contributed by atoms with Crippen LogP contribution in [0.2, 0.25) is 0 Å². The van der Waals surface area contributed by atoms with Gasteiger partial charge >= 0.3 is 35.8 Å². The van der Waals surface area contributed by atoms with E-state index < -0.39 is 51.4 Å². The predicted molar refractivity (Wildman–Crippen MR) is 247 cm³/mol. The summed E-state index contributed by atoms with van der Waals surface area (Å²) in [6, 6.07) is 2.15. The number of ether oxygens (including phenoxy) is 6. The zero-order valence-electron chi connectivity index (χ0n) is 43.2. The maximum atomic E-state index is 12.4. The van der Waals surface area contributed by atoms with E-state index in [0.29, 0.717) is 56.5 Å². The van der Waals surface area contributed by atoms with Gasteiger partial charge in [-0.3, -0.25) is 24.0 Å². The summed E-state index contributed by atoms with van der Waals surface area (Å²) in [5, 5.41) is 20.0. The van der Waals surface area contributed by atoms with Gasteiger partial charge in [0.05, 0.1) is 39.9 Å². The predicted octanol–water partition coefficient (Wildman–Crippen LogP) is 9.29. The van der Waals surface area contributed by atoms with Crippen LogP contribution >= 0.6 is 0 Å². The van der Waals surface area contributed by atoms with Gasteiger partial charge in [-0.25, -0.2) is 4.79 Å². The number of aliphatic hydroxyl groups is 1. The zero-order valence-corrected chi connectivity index (χ0v) is 43.2. The number of carbonyl (C=O) groups is 6. The summed E-state index contributed by atoms with van der Waals surface area (Å²) in [7, 11) is 0. The monoisotopic (exact) mass is 942 g/mol. The van der Waals surface area contributed by atoms with Crippen LogP contribution in [0.4, 0.5) is 0 Å². The quantitative estimate of drug-likeness (QED) is 0.135. The highest BCUT2D eigenvalue weighted by Crippen LogP contribution is 2.62. The number of hydrogen-bond acceptors (Lipinski definition) is 14. The SMILES string of the molecule is CCC(C)(C)C(=O)OC(C)(C)C1CC1.CCC(C)(C)C(=O)OC12CC3CC(CC(O)(C3)C1)C2.CCC(C)(C)C(=O)OC1C2CC3C1OC(=O)C3(C#N)C2.CCC(C)(C)C(=O)OC1CCOC1=O. The average molecular weight is 942 g/mol. The van der Waals surface area contributed by atoms with Crippen LogP contribution in [0.1, 0.15) is 193 Å². The van der Waals surface area contributed by atoms with Crippen LogP contribution < -0.4 is 0 Å². The summed E-state index contributed by atoms with van der Waals surface area (Å²) in [5.41, 5.74) is -3.96. The van der Waals surface area contributed by atoms with Crippen molar-refractivity contribution in [3.63, 3.8) is 0 Å². The minimum Gasteiger partial charge on any atom is -0.463 e. The summed E-state index contributed by atoms with van der Waals surface area (Å²) in [6.45, 7) is 27.4. The summed E-state index contributed by atoms with van der Waals surface area (Å²) in [6.07, 6.45) is 11.3. The van der Waals surface area contributed by atoms with E-state index in [1.165, 1.54) is 19.3 Å². The maximum Gasteiger partial charge on any atom is 0.347 e. The van der Waals surface area contributed by atoms with Gasteiger partial charge in [-0.2, -0.15) is 5.26 Å². The Hall–Kier alpha value is -3.73.